The third-order valence-electron chi connectivity index (χ3n) is 2.95. The number of aryl methyl sites for hydroxylation is 1. The molecule has 0 fully saturated rings. The highest BCUT2D eigenvalue weighted by Crippen LogP contribution is 2.13. The Kier molecular flexibility index (Phi) is 5.18. The van der Waals surface area contributed by atoms with E-state index < -0.39 is 6.10 Å². The van der Waals surface area contributed by atoms with Crippen molar-refractivity contribution in [2.24, 2.45) is 0 Å². The van der Waals surface area contributed by atoms with Gasteiger partial charge in [-0.3, -0.25) is 4.79 Å². The fourth-order valence-corrected chi connectivity index (χ4v) is 2.49. The normalized spacial score (nSPS) is 11.9. The molecule has 1 N–H and O–H groups in total. The van der Waals surface area contributed by atoms with E-state index >= 15 is 0 Å². The molecule has 2 aromatic rings. The topological polar surface area (TPSA) is 38.3 Å². The van der Waals surface area contributed by atoms with Gasteiger partial charge in [-0.05, 0) is 43.8 Å². The van der Waals surface area contributed by atoms with Gasteiger partial charge in [0, 0.05) is 11.4 Å². The fraction of sp³-hybridized carbons (Fsp3) is 0.312. The van der Waals surface area contributed by atoms with Crippen LogP contribution in [0, 0.1) is 6.92 Å². The van der Waals surface area contributed by atoms with Crippen LogP contribution in [-0.2, 0) is 11.2 Å². The molecule has 0 aliphatic carbocycles. The quantitative estimate of drug-likeness (QED) is 0.887. The van der Waals surface area contributed by atoms with E-state index in [0.717, 1.165) is 12.2 Å². The first-order valence-electron chi connectivity index (χ1n) is 6.68. The third kappa shape index (κ3) is 4.38. The predicted octanol–water partition coefficient (Wildman–Crippen LogP) is 3.18. The number of nitrogens with one attached hydrogen (secondary N) is 1. The van der Waals surface area contributed by atoms with Crippen molar-refractivity contribution in [1.82, 2.24) is 5.32 Å². The highest BCUT2D eigenvalue weighted by Gasteiger charge is 2.13. The van der Waals surface area contributed by atoms with Crippen molar-refractivity contribution in [3.05, 3.63) is 52.2 Å². The Morgan fingerprint density at radius 3 is 2.70 bits per heavy atom. The van der Waals surface area contributed by atoms with E-state index in [1.54, 1.807) is 18.3 Å². The molecule has 1 unspecified atom stereocenters. The van der Waals surface area contributed by atoms with Crippen molar-refractivity contribution in [3.8, 4) is 5.75 Å². The lowest BCUT2D eigenvalue weighted by atomic mass is 10.2. The Bertz CT molecular complexity index is 534. The smallest absolute Gasteiger partial charge is 0.260 e. The number of ether oxygens (including phenoxy) is 1. The molecule has 20 heavy (non-hydrogen) atoms. The van der Waals surface area contributed by atoms with Crippen LogP contribution in [0.25, 0.3) is 0 Å². The number of thiophene rings is 1. The maximum atomic E-state index is 11.9. The number of amides is 1. The van der Waals surface area contributed by atoms with E-state index in [1.807, 2.05) is 42.6 Å². The second kappa shape index (κ2) is 7.10. The Morgan fingerprint density at radius 1 is 1.30 bits per heavy atom. The molecule has 1 heterocycles. The third-order valence-corrected chi connectivity index (χ3v) is 3.89. The van der Waals surface area contributed by atoms with Crippen LogP contribution in [0.3, 0.4) is 0 Å². The predicted molar refractivity (Wildman–Crippen MR) is 82.3 cm³/mol. The van der Waals surface area contributed by atoms with Gasteiger partial charge in [-0.15, -0.1) is 11.3 Å². The Morgan fingerprint density at radius 2 is 2.05 bits per heavy atom. The minimum absolute atomic E-state index is 0.0814. The number of rotatable bonds is 6. The van der Waals surface area contributed by atoms with Crippen LogP contribution < -0.4 is 10.1 Å². The van der Waals surface area contributed by atoms with Crippen molar-refractivity contribution < 1.29 is 9.53 Å². The van der Waals surface area contributed by atoms with Gasteiger partial charge in [-0.25, -0.2) is 0 Å². The van der Waals surface area contributed by atoms with Crippen LogP contribution in [-0.4, -0.2) is 18.6 Å². The van der Waals surface area contributed by atoms with Gasteiger partial charge in [0.15, 0.2) is 6.10 Å². The zero-order valence-corrected chi connectivity index (χ0v) is 12.6. The Hall–Kier alpha value is -1.81. The summed E-state index contributed by atoms with van der Waals surface area (Å²) < 4.78 is 5.61. The largest absolute Gasteiger partial charge is 0.481 e. The SMILES string of the molecule is Cc1ccc(OC(C)C(=O)NCCc2cccs2)cc1. The van der Waals surface area contributed by atoms with Gasteiger partial charge in [0.1, 0.15) is 5.75 Å². The van der Waals surface area contributed by atoms with E-state index in [9.17, 15) is 4.79 Å². The van der Waals surface area contributed by atoms with Gasteiger partial charge in [0.2, 0.25) is 0 Å². The van der Waals surface area contributed by atoms with Crippen LogP contribution in [0.5, 0.6) is 5.75 Å². The Balaban J connectivity index is 1.75. The first-order valence-corrected chi connectivity index (χ1v) is 7.56. The van der Waals surface area contributed by atoms with Crippen LogP contribution >= 0.6 is 11.3 Å². The standard InChI is InChI=1S/C16H19NO2S/c1-12-5-7-14(8-6-12)19-13(2)16(18)17-10-9-15-4-3-11-20-15/h3-8,11,13H,9-10H2,1-2H3,(H,17,18). The molecular weight excluding hydrogens is 270 g/mol. The molecule has 0 aliphatic rings. The minimum Gasteiger partial charge on any atom is -0.481 e. The molecule has 2 rings (SSSR count). The average Bonchev–Trinajstić information content (AvgIpc) is 2.94. The first-order chi connectivity index (χ1) is 9.65. The van der Waals surface area contributed by atoms with Crippen molar-refractivity contribution >= 4 is 17.2 Å². The minimum atomic E-state index is -0.485. The highest BCUT2D eigenvalue weighted by atomic mass is 32.1. The lowest BCUT2D eigenvalue weighted by molar-refractivity contribution is -0.127. The van der Waals surface area contributed by atoms with Gasteiger partial charge in [-0.1, -0.05) is 23.8 Å². The summed E-state index contributed by atoms with van der Waals surface area (Å²) >= 11 is 1.70. The lowest BCUT2D eigenvalue weighted by Crippen LogP contribution is -2.37. The van der Waals surface area contributed by atoms with Crippen LogP contribution in [0.1, 0.15) is 17.4 Å². The summed E-state index contributed by atoms with van der Waals surface area (Å²) in [6.45, 7) is 4.42. The van der Waals surface area contributed by atoms with Gasteiger partial charge >= 0.3 is 0 Å². The molecule has 3 nitrogen and oxygen atoms in total. The van der Waals surface area contributed by atoms with Crippen molar-refractivity contribution in [2.75, 3.05) is 6.54 Å². The monoisotopic (exact) mass is 289 g/mol. The summed E-state index contributed by atoms with van der Waals surface area (Å²) in [6, 6.07) is 11.8. The van der Waals surface area contributed by atoms with E-state index in [4.69, 9.17) is 4.74 Å². The molecular formula is C16H19NO2S. The number of carbonyl (C=O) groups is 1. The summed E-state index contributed by atoms with van der Waals surface area (Å²) in [6.07, 6.45) is 0.377. The van der Waals surface area contributed by atoms with Crippen molar-refractivity contribution in [1.29, 1.82) is 0 Å². The summed E-state index contributed by atoms with van der Waals surface area (Å²) in [5.74, 6) is 0.638. The molecule has 1 aromatic carbocycles. The molecule has 4 heteroatoms. The molecule has 106 valence electrons. The molecule has 1 atom stereocenters. The number of hydrogen-bond acceptors (Lipinski definition) is 3. The van der Waals surface area contributed by atoms with Crippen LogP contribution in [0.4, 0.5) is 0 Å². The molecule has 0 saturated heterocycles. The second-order valence-electron chi connectivity index (χ2n) is 4.69. The van der Waals surface area contributed by atoms with Crippen LogP contribution in [0.2, 0.25) is 0 Å². The zero-order valence-electron chi connectivity index (χ0n) is 11.8. The lowest BCUT2D eigenvalue weighted by Gasteiger charge is -2.14. The van der Waals surface area contributed by atoms with Crippen LogP contribution in [0.15, 0.2) is 41.8 Å². The molecule has 1 amide bonds. The van der Waals surface area contributed by atoms with Gasteiger partial charge in [0.25, 0.3) is 5.91 Å². The highest BCUT2D eigenvalue weighted by molar-refractivity contribution is 7.09. The molecule has 0 bridgehead atoms. The zero-order chi connectivity index (χ0) is 14.4. The first kappa shape index (κ1) is 14.6. The van der Waals surface area contributed by atoms with E-state index in [2.05, 4.69) is 11.4 Å². The second-order valence-corrected chi connectivity index (χ2v) is 5.73. The van der Waals surface area contributed by atoms with Crippen molar-refractivity contribution in [2.45, 2.75) is 26.4 Å². The average molecular weight is 289 g/mol. The van der Waals surface area contributed by atoms with Gasteiger partial charge in [-0.2, -0.15) is 0 Å². The molecule has 0 aliphatic heterocycles. The maximum Gasteiger partial charge on any atom is 0.260 e. The number of benzene rings is 1. The molecule has 0 radical (unpaired) electrons. The fourth-order valence-electron chi connectivity index (χ4n) is 1.78. The van der Waals surface area contributed by atoms with Crippen molar-refractivity contribution in [3.63, 3.8) is 0 Å². The van der Waals surface area contributed by atoms with E-state index in [1.165, 1.54) is 10.4 Å². The number of hydrogen-bond donors (Lipinski definition) is 1. The van der Waals surface area contributed by atoms with E-state index in [0.29, 0.717) is 6.54 Å². The molecule has 1 aromatic heterocycles. The summed E-state index contributed by atoms with van der Waals surface area (Å²) in [5.41, 5.74) is 1.17. The summed E-state index contributed by atoms with van der Waals surface area (Å²) in [5, 5.41) is 4.94. The number of carbonyl (C=O) groups excluding carboxylic acids is 1. The molecule has 0 spiro atoms. The van der Waals surface area contributed by atoms with Gasteiger partial charge < -0.3 is 10.1 Å². The summed E-state index contributed by atoms with van der Waals surface area (Å²) in [7, 11) is 0. The summed E-state index contributed by atoms with van der Waals surface area (Å²) in [4.78, 5) is 13.2. The maximum absolute atomic E-state index is 11.9. The Labute approximate surface area is 123 Å². The van der Waals surface area contributed by atoms with Gasteiger partial charge in [0.05, 0.1) is 0 Å². The van der Waals surface area contributed by atoms with E-state index in [-0.39, 0.29) is 5.91 Å². The molecule has 0 saturated carbocycles.